The molecule has 0 radical (unpaired) electrons. The molecule has 2 aromatic rings. The van der Waals surface area contributed by atoms with E-state index in [1.165, 1.54) is 0 Å². The lowest BCUT2D eigenvalue weighted by Gasteiger charge is -2.33. The summed E-state index contributed by atoms with van der Waals surface area (Å²) in [6.07, 6.45) is 4.57. The number of hydrogen-bond acceptors (Lipinski definition) is 5. The Labute approximate surface area is 179 Å². The Balaban J connectivity index is 1.59. The fraction of sp³-hybridized carbons (Fsp3) is 0.652. The fourth-order valence-electron chi connectivity index (χ4n) is 5.86. The summed E-state index contributed by atoms with van der Waals surface area (Å²) < 4.78 is 17.2. The first-order valence-electron chi connectivity index (χ1n) is 11.4. The Kier molecular flexibility index (Phi) is 4.79. The number of aryl methyl sites for hydroxylation is 2. The maximum atomic E-state index is 15.6. The number of fused-ring (bicyclic) bond motifs is 1. The number of nitrogens with one attached hydrogen (secondary N) is 1. The van der Waals surface area contributed by atoms with Gasteiger partial charge < -0.3 is 15.1 Å². The van der Waals surface area contributed by atoms with E-state index in [0.29, 0.717) is 49.1 Å². The number of nitrogens with zero attached hydrogens (tertiary/aromatic N) is 2. The molecule has 5 rings (SSSR count). The van der Waals surface area contributed by atoms with Crippen LogP contribution < -0.4 is 16.1 Å². The van der Waals surface area contributed by atoms with Gasteiger partial charge in [0.15, 0.2) is 5.82 Å². The third-order valence-electron chi connectivity index (χ3n) is 7.69. The number of hydrogen-bond donors (Lipinski definition) is 3. The number of aliphatic hydroxyl groups excluding tert-OH is 1. The second kappa shape index (κ2) is 7.17. The van der Waals surface area contributed by atoms with Crippen molar-refractivity contribution in [3.63, 3.8) is 0 Å². The lowest BCUT2D eigenvalue weighted by Crippen LogP contribution is -2.45. The Morgan fingerprint density at radius 3 is 2.45 bits per heavy atom. The standard InChI is InChI=1S/C23H30FN3O4/c1-12-16-18(27(15-5-6-15)22(30)25-21(16)29)13(2)19(17(12)24)26-10-7-14(11-26)20(28)23(31)8-3-4-9-23/h14-15,20,28,31H,3-11H2,1-2H3,(H,25,29,30). The van der Waals surface area contributed by atoms with Crippen molar-refractivity contribution in [2.75, 3.05) is 18.0 Å². The lowest BCUT2D eigenvalue weighted by atomic mass is 9.85. The monoisotopic (exact) mass is 431 g/mol. The first-order valence-corrected chi connectivity index (χ1v) is 11.4. The van der Waals surface area contributed by atoms with Crippen LogP contribution in [0.4, 0.5) is 10.1 Å². The fourth-order valence-corrected chi connectivity index (χ4v) is 5.86. The highest BCUT2D eigenvalue weighted by molar-refractivity contribution is 5.90. The summed E-state index contributed by atoms with van der Waals surface area (Å²) in [6, 6.07) is 0.0352. The van der Waals surface area contributed by atoms with E-state index < -0.39 is 28.8 Å². The molecule has 3 fully saturated rings. The number of aromatic nitrogens is 2. The topological polar surface area (TPSA) is 98.6 Å². The summed E-state index contributed by atoms with van der Waals surface area (Å²) in [6.45, 7) is 4.34. The first kappa shape index (κ1) is 20.7. The molecule has 168 valence electrons. The summed E-state index contributed by atoms with van der Waals surface area (Å²) in [5.74, 6) is -0.603. The van der Waals surface area contributed by atoms with Crippen molar-refractivity contribution < 1.29 is 14.6 Å². The molecule has 2 saturated carbocycles. The number of anilines is 1. The third-order valence-corrected chi connectivity index (χ3v) is 7.69. The van der Waals surface area contributed by atoms with Crippen LogP contribution in [-0.4, -0.2) is 44.6 Å². The molecule has 3 N–H and O–H groups in total. The van der Waals surface area contributed by atoms with E-state index in [-0.39, 0.29) is 22.9 Å². The van der Waals surface area contributed by atoms with Crippen LogP contribution in [0.3, 0.4) is 0 Å². The van der Waals surface area contributed by atoms with Crippen molar-refractivity contribution in [2.24, 2.45) is 5.92 Å². The van der Waals surface area contributed by atoms with Gasteiger partial charge in [0.1, 0.15) is 0 Å². The molecule has 1 aromatic carbocycles. The molecule has 1 saturated heterocycles. The minimum Gasteiger partial charge on any atom is -0.390 e. The van der Waals surface area contributed by atoms with E-state index in [1.807, 2.05) is 4.90 Å². The summed E-state index contributed by atoms with van der Waals surface area (Å²) in [4.78, 5) is 29.4. The van der Waals surface area contributed by atoms with Crippen molar-refractivity contribution in [1.82, 2.24) is 9.55 Å². The van der Waals surface area contributed by atoms with Crippen LogP contribution >= 0.6 is 0 Å². The molecule has 1 aliphatic heterocycles. The van der Waals surface area contributed by atoms with Crippen LogP contribution in [0.5, 0.6) is 0 Å². The molecule has 2 aliphatic carbocycles. The van der Waals surface area contributed by atoms with Crippen LogP contribution in [0.25, 0.3) is 10.9 Å². The normalized spacial score (nSPS) is 24.3. The van der Waals surface area contributed by atoms with Gasteiger partial charge in [-0.05, 0) is 46.0 Å². The zero-order chi connectivity index (χ0) is 22.1. The van der Waals surface area contributed by atoms with E-state index in [2.05, 4.69) is 4.98 Å². The molecule has 2 heterocycles. The van der Waals surface area contributed by atoms with Gasteiger partial charge in [-0.25, -0.2) is 9.18 Å². The average Bonchev–Trinajstić information content (AvgIpc) is 3.26. The molecule has 0 amide bonds. The predicted octanol–water partition coefficient (Wildman–Crippen LogP) is 2.27. The Hall–Kier alpha value is -2.19. The van der Waals surface area contributed by atoms with E-state index in [4.69, 9.17) is 0 Å². The molecular weight excluding hydrogens is 401 g/mol. The van der Waals surface area contributed by atoms with E-state index in [1.54, 1.807) is 18.4 Å². The smallest absolute Gasteiger partial charge is 0.329 e. The highest BCUT2D eigenvalue weighted by Gasteiger charge is 2.45. The molecular formula is C23H30FN3O4. The van der Waals surface area contributed by atoms with Crippen LogP contribution in [0, 0.1) is 25.6 Å². The summed E-state index contributed by atoms with van der Waals surface area (Å²) >= 11 is 0. The zero-order valence-corrected chi connectivity index (χ0v) is 18.1. The number of rotatable bonds is 4. The highest BCUT2D eigenvalue weighted by Crippen LogP contribution is 2.42. The number of aliphatic hydroxyl groups is 2. The summed E-state index contributed by atoms with van der Waals surface area (Å²) in [5.41, 5.74) is -0.305. The third kappa shape index (κ3) is 3.14. The predicted molar refractivity (Wildman–Crippen MR) is 116 cm³/mol. The summed E-state index contributed by atoms with van der Waals surface area (Å²) in [7, 11) is 0. The first-order chi connectivity index (χ1) is 14.7. The van der Waals surface area contributed by atoms with Crippen LogP contribution in [0.1, 0.15) is 62.1 Å². The van der Waals surface area contributed by atoms with Gasteiger partial charge in [-0.2, -0.15) is 0 Å². The molecule has 1 aromatic heterocycles. The molecule has 0 bridgehead atoms. The number of benzene rings is 1. The average molecular weight is 432 g/mol. The highest BCUT2D eigenvalue weighted by atomic mass is 19.1. The van der Waals surface area contributed by atoms with Gasteiger partial charge in [0.2, 0.25) is 0 Å². The number of halogens is 1. The van der Waals surface area contributed by atoms with Gasteiger partial charge >= 0.3 is 5.69 Å². The number of H-pyrrole nitrogens is 1. The molecule has 2 unspecified atom stereocenters. The van der Waals surface area contributed by atoms with E-state index in [0.717, 1.165) is 25.7 Å². The van der Waals surface area contributed by atoms with Gasteiger partial charge in [0.25, 0.3) is 5.56 Å². The number of aromatic amines is 1. The van der Waals surface area contributed by atoms with Gasteiger partial charge in [-0.1, -0.05) is 12.8 Å². The Morgan fingerprint density at radius 2 is 1.81 bits per heavy atom. The van der Waals surface area contributed by atoms with Crippen LogP contribution in [0.15, 0.2) is 9.59 Å². The van der Waals surface area contributed by atoms with Crippen LogP contribution in [-0.2, 0) is 0 Å². The Bertz CT molecular complexity index is 1160. The lowest BCUT2D eigenvalue weighted by molar-refractivity contribution is -0.0922. The van der Waals surface area contributed by atoms with Gasteiger partial charge in [-0.15, -0.1) is 0 Å². The molecule has 7 nitrogen and oxygen atoms in total. The Morgan fingerprint density at radius 1 is 1.13 bits per heavy atom. The maximum absolute atomic E-state index is 15.6. The quantitative estimate of drug-likeness (QED) is 0.690. The molecule has 3 aliphatic rings. The minimum absolute atomic E-state index is 0.0352. The second-order valence-corrected chi connectivity index (χ2v) is 9.75. The van der Waals surface area contributed by atoms with E-state index >= 15 is 4.39 Å². The van der Waals surface area contributed by atoms with Crippen molar-refractivity contribution in [3.05, 3.63) is 37.8 Å². The van der Waals surface area contributed by atoms with E-state index in [9.17, 15) is 19.8 Å². The van der Waals surface area contributed by atoms with Crippen molar-refractivity contribution in [2.45, 2.75) is 76.5 Å². The van der Waals surface area contributed by atoms with Crippen molar-refractivity contribution in [1.29, 1.82) is 0 Å². The van der Waals surface area contributed by atoms with Crippen molar-refractivity contribution >= 4 is 16.6 Å². The second-order valence-electron chi connectivity index (χ2n) is 9.75. The van der Waals surface area contributed by atoms with Gasteiger partial charge in [0.05, 0.1) is 28.3 Å². The molecule has 2 atom stereocenters. The molecule has 8 heteroatoms. The SMILES string of the molecule is Cc1c(F)c(N2CCC(C(O)C3(O)CCCC3)C2)c(C)c2c1c(=O)[nH]c(=O)n2C1CC1. The minimum atomic E-state index is -1.05. The molecule has 0 spiro atoms. The largest absolute Gasteiger partial charge is 0.390 e. The van der Waals surface area contributed by atoms with Gasteiger partial charge in [0, 0.05) is 36.2 Å². The van der Waals surface area contributed by atoms with Crippen LogP contribution in [0.2, 0.25) is 0 Å². The van der Waals surface area contributed by atoms with Gasteiger partial charge in [-0.3, -0.25) is 14.3 Å². The summed E-state index contributed by atoms with van der Waals surface area (Å²) in [5, 5.41) is 21.9. The van der Waals surface area contributed by atoms with Crippen molar-refractivity contribution in [3.8, 4) is 0 Å². The maximum Gasteiger partial charge on any atom is 0.329 e. The zero-order valence-electron chi connectivity index (χ0n) is 18.1. The molecule has 31 heavy (non-hydrogen) atoms.